The van der Waals surface area contributed by atoms with Crippen LogP contribution in [-0.2, 0) is 0 Å². The Balaban J connectivity index is 1.05. The quantitative estimate of drug-likeness (QED) is 0.189. The van der Waals surface area contributed by atoms with Crippen LogP contribution in [0.4, 0.5) is 0 Å². The van der Waals surface area contributed by atoms with Crippen molar-refractivity contribution in [3.63, 3.8) is 0 Å². The average Bonchev–Trinajstić information content (AvgIpc) is 3.83. The molecule has 240 valence electrons. The van der Waals surface area contributed by atoms with Gasteiger partial charge in [0.2, 0.25) is 0 Å². The van der Waals surface area contributed by atoms with Crippen molar-refractivity contribution in [2.24, 2.45) is 0 Å². The minimum Gasteiger partial charge on any atom is -0.309 e. The number of hydrogen-bond donors (Lipinski definition) is 0. The van der Waals surface area contributed by atoms with Crippen molar-refractivity contribution in [1.82, 2.24) is 19.1 Å². The van der Waals surface area contributed by atoms with Crippen molar-refractivity contribution in [2.45, 2.75) is 0 Å². The predicted octanol–water partition coefficient (Wildman–Crippen LogP) is 12.3. The summed E-state index contributed by atoms with van der Waals surface area (Å²) >= 11 is 0. The van der Waals surface area contributed by atoms with Crippen molar-refractivity contribution in [2.75, 3.05) is 0 Å². The molecule has 4 heterocycles. The molecule has 4 aromatic heterocycles. The van der Waals surface area contributed by atoms with Crippen LogP contribution < -0.4 is 0 Å². The van der Waals surface area contributed by atoms with Crippen LogP contribution in [0.15, 0.2) is 170 Å². The van der Waals surface area contributed by atoms with Crippen molar-refractivity contribution >= 4 is 65.4 Å². The van der Waals surface area contributed by atoms with Crippen molar-refractivity contribution in [3.8, 4) is 44.8 Å². The Morgan fingerprint density at radius 3 is 1.71 bits per heavy atom. The van der Waals surface area contributed by atoms with E-state index in [1.165, 1.54) is 93.5 Å². The Labute approximate surface area is 298 Å². The Morgan fingerprint density at radius 2 is 0.942 bits per heavy atom. The molecular weight excluding hydrogens is 633 g/mol. The first-order chi connectivity index (χ1) is 25.8. The zero-order chi connectivity index (χ0) is 33.9. The summed E-state index contributed by atoms with van der Waals surface area (Å²) in [7, 11) is 0. The number of para-hydroxylation sites is 2. The van der Waals surface area contributed by atoms with Crippen LogP contribution in [0.5, 0.6) is 0 Å². The van der Waals surface area contributed by atoms with Gasteiger partial charge in [-0.25, -0.2) is 9.97 Å². The van der Waals surface area contributed by atoms with Crippen LogP contribution in [0.25, 0.3) is 110 Å². The van der Waals surface area contributed by atoms with Crippen LogP contribution in [0.3, 0.4) is 0 Å². The van der Waals surface area contributed by atoms with Gasteiger partial charge in [-0.15, -0.1) is 0 Å². The fraction of sp³-hybridized carbons (Fsp3) is 0. The summed E-state index contributed by atoms with van der Waals surface area (Å²) in [5.74, 6) is 0. The minimum absolute atomic E-state index is 0.799. The van der Waals surface area contributed by atoms with Crippen LogP contribution in [0.2, 0.25) is 0 Å². The number of hydrogen-bond acceptors (Lipinski definition) is 2. The molecule has 0 spiro atoms. The SMILES string of the molecule is c1ccc(-n2c3ccc(-c4ccc5c(c4)c4ccccc4n5-c4ccc5c(c4)-c4ccnc6nccc-5c46)cc3c3cc4ccccc4cc32)cc1. The lowest BCUT2D eigenvalue weighted by Crippen LogP contribution is -1.94. The zero-order valence-electron chi connectivity index (χ0n) is 28.0. The second-order valence-corrected chi connectivity index (χ2v) is 13.8. The van der Waals surface area contributed by atoms with Gasteiger partial charge in [-0.1, -0.05) is 78.9 Å². The van der Waals surface area contributed by atoms with Gasteiger partial charge in [0.05, 0.1) is 22.1 Å². The highest BCUT2D eigenvalue weighted by Crippen LogP contribution is 2.47. The average molecular weight is 661 g/mol. The topological polar surface area (TPSA) is 35.6 Å². The molecule has 0 N–H and O–H groups in total. The molecule has 1 aliphatic rings. The third kappa shape index (κ3) is 3.75. The normalized spacial score (nSPS) is 12.2. The van der Waals surface area contributed by atoms with E-state index in [9.17, 15) is 0 Å². The van der Waals surface area contributed by atoms with Crippen LogP contribution in [0.1, 0.15) is 0 Å². The zero-order valence-corrected chi connectivity index (χ0v) is 28.0. The summed E-state index contributed by atoms with van der Waals surface area (Å²) < 4.78 is 4.82. The summed E-state index contributed by atoms with van der Waals surface area (Å²) in [6.45, 7) is 0. The molecule has 7 aromatic carbocycles. The Bertz CT molecular complexity index is 3290. The molecule has 11 aromatic rings. The molecular formula is C48H28N4. The van der Waals surface area contributed by atoms with Crippen molar-refractivity contribution < 1.29 is 0 Å². The van der Waals surface area contributed by atoms with E-state index in [1.807, 2.05) is 12.4 Å². The molecule has 12 rings (SSSR count). The second-order valence-electron chi connectivity index (χ2n) is 13.8. The number of fused-ring (bicyclic) bond motifs is 10. The van der Waals surface area contributed by atoms with E-state index < -0.39 is 0 Å². The second kappa shape index (κ2) is 10.3. The first-order valence-electron chi connectivity index (χ1n) is 17.7. The smallest absolute Gasteiger partial charge is 0.160 e. The van der Waals surface area contributed by atoms with Crippen molar-refractivity contribution in [1.29, 1.82) is 0 Å². The number of nitrogens with zero attached hydrogens (tertiary/aromatic N) is 4. The molecule has 0 atom stereocenters. The monoisotopic (exact) mass is 660 g/mol. The van der Waals surface area contributed by atoms with Gasteiger partial charge in [0.1, 0.15) is 0 Å². The van der Waals surface area contributed by atoms with Crippen LogP contribution in [0, 0.1) is 0 Å². The van der Waals surface area contributed by atoms with E-state index >= 15 is 0 Å². The predicted molar refractivity (Wildman–Crippen MR) is 216 cm³/mol. The van der Waals surface area contributed by atoms with E-state index in [4.69, 9.17) is 0 Å². The van der Waals surface area contributed by atoms with Gasteiger partial charge in [-0.3, -0.25) is 0 Å². The first kappa shape index (κ1) is 27.7. The first-order valence-corrected chi connectivity index (χ1v) is 17.7. The number of pyridine rings is 2. The highest BCUT2D eigenvalue weighted by atomic mass is 15.0. The number of benzene rings is 7. The highest BCUT2D eigenvalue weighted by molar-refractivity contribution is 6.16. The van der Waals surface area contributed by atoms with Gasteiger partial charge in [-0.05, 0) is 123 Å². The Morgan fingerprint density at radius 1 is 0.346 bits per heavy atom. The molecule has 0 amide bonds. The fourth-order valence-electron chi connectivity index (χ4n) is 8.83. The minimum atomic E-state index is 0.799. The number of aromatic nitrogens is 4. The van der Waals surface area contributed by atoms with Gasteiger partial charge < -0.3 is 9.13 Å². The largest absolute Gasteiger partial charge is 0.309 e. The Hall–Kier alpha value is -7.04. The molecule has 0 radical (unpaired) electrons. The third-order valence-corrected chi connectivity index (χ3v) is 11.1. The van der Waals surface area contributed by atoms with Gasteiger partial charge in [-0.2, -0.15) is 0 Å². The van der Waals surface area contributed by atoms with E-state index in [0.29, 0.717) is 0 Å². The van der Waals surface area contributed by atoms with Gasteiger partial charge in [0.15, 0.2) is 5.65 Å². The van der Waals surface area contributed by atoms with Crippen molar-refractivity contribution in [3.05, 3.63) is 170 Å². The summed E-state index contributed by atoms with van der Waals surface area (Å²) in [5, 5.41) is 8.64. The maximum absolute atomic E-state index is 4.55. The molecule has 0 saturated heterocycles. The molecule has 0 saturated carbocycles. The molecule has 0 fully saturated rings. The van der Waals surface area contributed by atoms with Gasteiger partial charge in [0, 0.05) is 50.7 Å². The molecule has 0 bridgehead atoms. The lowest BCUT2D eigenvalue weighted by atomic mass is 10.00. The molecule has 0 unspecified atom stereocenters. The van der Waals surface area contributed by atoms with E-state index in [-0.39, 0.29) is 0 Å². The third-order valence-electron chi connectivity index (χ3n) is 11.1. The molecule has 1 aliphatic carbocycles. The molecule has 52 heavy (non-hydrogen) atoms. The van der Waals surface area contributed by atoms with E-state index in [1.54, 1.807) is 0 Å². The van der Waals surface area contributed by atoms with Gasteiger partial charge in [0.25, 0.3) is 0 Å². The van der Waals surface area contributed by atoms with Crippen LogP contribution in [-0.4, -0.2) is 19.1 Å². The maximum Gasteiger partial charge on any atom is 0.160 e. The molecule has 0 aliphatic heterocycles. The molecule has 4 heteroatoms. The summed E-state index contributed by atoms with van der Waals surface area (Å²) in [6.07, 6.45) is 3.74. The summed E-state index contributed by atoms with van der Waals surface area (Å²) in [4.78, 5) is 9.11. The maximum atomic E-state index is 4.55. The lowest BCUT2D eigenvalue weighted by Gasteiger charge is -2.11. The Kier molecular flexibility index (Phi) is 5.47. The highest BCUT2D eigenvalue weighted by Gasteiger charge is 2.24. The lowest BCUT2D eigenvalue weighted by molar-refractivity contribution is 1.18. The van der Waals surface area contributed by atoms with E-state index in [0.717, 1.165) is 16.7 Å². The fourth-order valence-corrected chi connectivity index (χ4v) is 8.83. The summed E-state index contributed by atoms with van der Waals surface area (Å²) in [6, 6.07) is 57.8. The summed E-state index contributed by atoms with van der Waals surface area (Å²) in [5.41, 5.74) is 15.2. The molecule has 4 nitrogen and oxygen atoms in total. The number of rotatable bonds is 3. The van der Waals surface area contributed by atoms with Crippen LogP contribution >= 0.6 is 0 Å². The standard InChI is InChI=1S/C48H28N4/c1-2-10-33(11-3-1)51-45-19-15-32(26-41(45)42-24-29-8-4-5-9-30(29)27-46(42)51)31-14-18-44-40(25-31)36-12-6-7-13-43(36)52(44)34-16-17-35-37-20-22-49-48-47(37)38(21-23-50-48)39(35)28-34/h1-28H. The van der Waals surface area contributed by atoms with E-state index in [2.05, 4.69) is 177 Å². The van der Waals surface area contributed by atoms with Gasteiger partial charge >= 0.3 is 0 Å².